The molecule has 4 aliphatic rings. The zero-order chi connectivity index (χ0) is 24.2. The Kier molecular flexibility index (Phi) is 5.53. The van der Waals surface area contributed by atoms with Gasteiger partial charge in [0.25, 0.3) is 11.8 Å². The van der Waals surface area contributed by atoms with Crippen LogP contribution in [0.2, 0.25) is 5.02 Å². The van der Waals surface area contributed by atoms with Crippen molar-refractivity contribution < 1.29 is 14.4 Å². The van der Waals surface area contributed by atoms with Gasteiger partial charge in [-0.2, -0.15) is 0 Å². The van der Waals surface area contributed by atoms with Crippen molar-refractivity contribution in [3.8, 4) is 0 Å². The molecule has 0 aliphatic carbocycles. The molecule has 8 nitrogen and oxygen atoms in total. The number of anilines is 1. The van der Waals surface area contributed by atoms with Crippen LogP contribution in [0.15, 0.2) is 42.7 Å². The molecule has 6 rings (SSSR count). The normalized spacial score (nSPS) is 28.6. The van der Waals surface area contributed by atoms with Crippen LogP contribution in [0.4, 0.5) is 5.69 Å². The summed E-state index contributed by atoms with van der Waals surface area (Å²) in [7, 11) is 0. The van der Waals surface area contributed by atoms with E-state index in [0.717, 1.165) is 30.6 Å². The number of para-hydroxylation sites is 1. The van der Waals surface area contributed by atoms with Crippen LogP contribution < -0.4 is 10.2 Å². The number of rotatable bonds is 1. The molecule has 1 aromatic heterocycles. The minimum atomic E-state index is -0.966. The van der Waals surface area contributed by atoms with Gasteiger partial charge in [-0.3, -0.25) is 24.3 Å². The molecule has 3 atom stereocenters. The van der Waals surface area contributed by atoms with Gasteiger partial charge in [-0.05, 0) is 44.4 Å². The number of benzene rings is 1. The number of pyridine rings is 1. The third kappa shape index (κ3) is 3.37. The van der Waals surface area contributed by atoms with Gasteiger partial charge in [0.2, 0.25) is 5.91 Å². The lowest BCUT2D eigenvalue weighted by atomic mass is 9.78. The smallest absolute Gasteiger partial charge is 0.255 e. The minimum Gasteiger partial charge on any atom is -0.356 e. The summed E-state index contributed by atoms with van der Waals surface area (Å²) >= 11 is 6.07. The summed E-state index contributed by atoms with van der Waals surface area (Å²) < 4.78 is 0. The van der Waals surface area contributed by atoms with Gasteiger partial charge < -0.3 is 15.1 Å². The van der Waals surface area contributed by atoms with Crippen molar-refractivity contribution in [2.45, 2.75) is 37.3 Å². The SMILES string of the molecule is O=C1NCCCN(C(=O)c2cncc(Cl)c2)CCN2C(=O)[C@@]3(c4ccccc42)[C@H]1C[C@@H]1CCCN13. The predicted octanol–water partition coefficient (Wildman–Crippen LogP) is 2.42. The van der Waals surface area contributed by atoms with E-state index in [1.165, 1.54) is 12.4 Å². The van der Waals surface area contributed by atoms with Crippen LogP contribution in [0, 0.1) is 5.92 Å². The second-order valence-electron chi connectivity index (χ2n) is 9.85. The summed E-state index contributed by atoms with van der Waals surface area (Å²) in [6.07, 6.45) is 6.37. The molecule has 1 aromatic carbocycles. The fourth-order valence-corrected chi connectivity index (χ4v) is 6.81. The summed E-state index contributed by atoms with van der Waals surface area (Å²) in [5.74, 6) is -0.708. The van der Waals surface area contributed by atoms with Crippen LogP contribution in [-0.2, 0) is 15.1 Å². The number of aromatic nitrogens is 1. The lowest BCUT2D eigenvalue weighted by Gasteiger charge is -2.38. The van der Waals surface area contributed by atoms with E-state index in [4.69, 9.17) is 11.6 Å². The first-order valence-corrected chi connectivity index (χ1v) is 12.8. The van der Waals surface area contributed by atoms with E-state index in [-0.39, 0.29) is 23.8 Å². The molecule has 3 amide bonds. The summed E-state index contributed by atoms with van der Waals surface area (Å²) in [6.45, 7) is 2.47. The van der Waals surface area contributed by atoms with Crippen molar-refractivity contribution in [2.75, 3.05) is 37.6 Å². The molecule has 2 aromatic rings. The van der Waals surface area contributed by atoms with E-state index in [9.17, 15) is 14.4 Å². The minimum absolute atomic E-state index is 0.0411. The van der Waals surface area contributed by atoms with Crippen molar-refractivity contribution >= 4 is 35.0 Å². The molecular formula is C26H28ClN5O3. The number of nitrogens with one attached hydrogen (secondary N) is 1. The molecule has 0 saturated carbocycles. The molecule has 9 heteroatoms. The van der Waals surface area contributed by atoms with Gasteiger partial charge in [0.05, 0.1) is 16.5 Å². The van der Waals surface area contributed by atoms with Crippen molar-refractivity contribution in [1.82, 2.24) is 20.1 Å². The lowest BCUT2D eigenvalue weighted by Crippen LogP contribution is -2.57. The molecule has 5 heterocycles. The van der Waals surface area contributed by atoms with Gasteiger partial charge in [-0.15, -0.1) is 0 Å². The molecule has 0 radical (unpaired) electrons. The maximum Gasteiger partial charge on any atom is 0.255 e. The average molecular weight is 494 g/mol. The van der Waals surface area contributed by atoms with Crippen molar-refractivity contribution in [1.29, 1.82) is 0 Å². The maximum absolute atomic E-state index is 14.3. The van der Waals surface area contributed by atoms with Gasteiger partial charge in [0.15, 0.2) is 0 Å². The van der Waals surface area contributed by atoms with Gasteiger partial charge in [-0.1, -0.05) is 29.8 Å². The fourth-order valence-electron chi connectivity index (χ4n) is 6.63. The van der Waals surface area contributed by atoms with Crippen LogP contribution in [0.5, 0.6) is 0 Å². The Balaban J connectivity index is 1.39. The fraction of sp³-hybridized carbons (Fsp3) is 0.462. The molecule has 35 heavy (non-hydrogen) atoms. The lowest BCUT2D eigenvalue weighted by molar-refractivity contribution is -0.139. The molecular weight excluding hydrogens is 466 g/mol. The van der Waals surface area contributed by atoms with E-state index < -0.39 is 11.5 Å². The van der Waals surface area contributed by atoms with Crippen LogP contribution >= 0.6 is 11.6 Å². The Morgan fingerprint density at radius 1 is 1.09 bits per heavy atom. The van der Waals surface area contributed by atoms with Crippen molar-refractivity contribution in [3.05, 3.63) is 58.9 Å². The standard InChI is InChI=1S/C26H28ClN5O3/c27-18-13-17(15-28-16-18)24(34)30-9-4-8-29-23(33)21-14-19-5-3-10-32(19)26(21)20-6-1-2-7-22(20)31(12-11-30)25(26)35/h1-2,6-7,13,15-16,19,21H,3-5,8-12,14H2,(H,29,33)/t19-,21-,26+/m0/s1. The highest BCUT2D eigenvalue weighted by atomic mass is 35.5. The maximum atomic E-state index is 14.3. The third-order valence-electron chi connectivity index (χ3n) is 8.07. The Labute approximate surface area is 209 Å². The molecule has 182 valence electrons. The van der Waals surface area contributed by atoms with Crippen molar-refractivity contribution in [3.63, 3.8) is 0 Å². The van der Waals surface area contributed by atoms with E-state index in [2.05, 4.69) is 15.2 Å². The van der Waals surface area contributed by atoms with Gasteiger partial charge in [0.1, 0.15) is 5.54 Å². The Bertz CT molecular complexity index is 1210. The molecule has 0 unspecified atom stereocenters. The largest absolute Gasteiger partial charge is 0.356 e. The van der Waals surface area contributed by atoms with Crippen LogP contribution in [0.1, 0.15) is 41.6 Å². The van der Waals surface area contributed by atoms with Gasteiger partial charge in [-0.25, -0.2) is 0 Å². The number of carbonyl (C=O) groups excluding carboxylic acids is 3. The van der Waals surface area contributed by atoms with Crippen LogP contribution in [-0.4, -0.2) is 71.3 Å². The Morgan fingerprint density at radius 2 is 1.94 bits per heavy atom. The van der Waals surface area contributed by atoms with E-state index in [1.54, 1.807) is 15.9 Å². The van der Waals surface area contributed by atoms with E-state index in [1.807, 2.05) is 24.3 Å². The zero-order valence-corrected chi connectivity index (χ0v) is 20.2. The van der Waals surface area contributed by atoms with E-state index in [0.29, 0.717) is 49.6 Å². The quantitative estimate of drug-likeness (QED) is 0.659. The zero-order valence-electron chi connectivity index (χ0n) is 19.5. The number of halogens is 1. The Morgan fingerprint density at radius 3 is 2.80 bits per heavy atom. The number of nitrogens with zero attached hydrogens (tertiary/aromatic N) is 4. The summed E-state index contributed by atoms with van der Waals surface area (Å²) in [4.78, 5) is 51.1. The molecule has 3 fully saturated rings. The number of hydrogen-bond acceptors (Lipinski definition) is 5. The van der Waals surface area contributed by atoms with Gasteiger partial charge >= 0.3 is 0 Å². The molecule has 3 saturated heterocycles. The summed E-state index contributed by atoms with van der Waals surface area (Å²) in [5, 5.41) is 3.49. The first kappa shape index (κ1) is 22.5. The number of carbonyl (C=O) groups is 3. The second kappa shape index (κ2) is 8.60. The topological polar surface area (TPSA) is 85.9 Å². The average Bonchev–Trinajstić information content (AvgIpc) is 3.51. The molecule has 2 bridgehead atoms. The predicted molar refractivity (Wildman–Crippen MR) is 131 cm³/mol. The number of amides is 3. The molecule has 1 spiro atoms. The van der Waals surface area contributed by atoms with Crippen molar-refractivity contribution in [2.24, 2.45) is 5.92 Å². The summed E-state index contributed by atoms with van der Waals surface area (Å²) in [6, 6.07) is 9.71. The molecule has 4 aliphatic heterocycles. The Hall–Kier alpha value is -2.97. The number of hydrogen-bond donors (Lipinski definition) is 1. The molecule has 1 N–H and O–H groups in total. The monoisotopic (exact) mass is 493 g/mol. The number of fused-ring (bicyclic) bond motifs is 4. The summed E-state index contributed by atoms with van der Waals surface area (Å²) in [5.41, 5.74) is 1.21. The first-order chi connectivity index (χ1) is 17.0. The highest BCUT2D eigenvalue weighted by Gasteiger charge is 2.67. The van der Waals surface area contributed by atoms with Crippen LogP contribution in [0.3, 0.4) is 0 Å². The first-order valence-electron chi connectivity index (χ1n) is 12.4. The van der Waals surface area contributed by atoms with E-state index >= 15 is 0 Å². The van der Waals surface area contributed by atoms with Gasteiger partial charge in [0, 0.05) is 55.9 Å². The highest BCUT2D eigenvalue weighted by molar-refractivity contribution is 6.30. The highest BCUT2D eigenvalue weighted by Crippen LogP contribution is 2.57. The second-order valence-corrected chi connectivity index (χ2v) is 10.3. The third-order valence-corrected chi connectivity index (χ3v) is 8.28. The van der Waals surface area contributed by atoms with Crippen LogP contribution in [0.25, 0.3) is 0 Å².